The zero-order valence-corrected chi connectivity index (χ0v) is 13.0. The Morgan fingerprint density at radius 2 is 1.96 bits per heavy atom. The van der Waals surface area contributed by atoms with E-state index in [1.165, 1.54) is 11.1 Å². The van der Waals surface area contributed by atoms with Crippen LogP contribution in [0.3, 0.4) is 0 Å². The molecule has 1 aromatic heterocycles. The average Bonchev–Trinajstić information content (AvgIpc) is 2.57. The summed E-state index contributed by atoms with van der Waals surface area (Å²) >= 11 is 0. The van der Waals surface area contributed by atoms with Gasteiger partial charge in [0.15, 0.2) is 0 Å². The molecule has 2 N–H and O–H groups in total. The summed E-state index contributed by atoms with van der Waals surface area (Å²) < 4.78 is 0. The Labute approximate surface area is 135 Å². The molecule has 0 saturated heterocycles. The number of nitrogens with zero attached hydrogens (tertiary/aromatic N) is 1. The molecular weight excluding hydrogens is 286 g/mol. The van der Waals surface area contributed by atoms with E-state index in [4.69, 9.17) is 0 Å². The molecule has 0 radical (unpaired) electrons. The van der Waals surface area contributed by atoms with Crippen molar-refractivity contribution in [1.29, 1.82) is 0 Å². The number of hydrogen-bond acceptors (Lipinski definition) is 2. The third kappa shape index (κ3) is 3.66. The number of hydrogen-bond donors (Lipinski definition) is 2. The minimum Gasteiger partial charge on any atom is -0.338 e. The summed E-state index contributed by atoms with van der Waals surface area (Å²) in [4.78, 5) is 16.2. The van der Waals surface area contributed by atoms with Gasteiger partial charge >= 0.3 is 6.03 Å². The van der Waals surface area contributed by atoms with Crippen LogP contribution in [0, 0.1) is 6.92 Å². The predicted octanol–water partition coefficient (Wildman–Crippen LogP) is 3.91. The lowest BCUT2D eigenvalue weighted by atomic mass is 10.1. The third-order valence-electron chi connectivity index (χ3n) is 3.87. The summed E-state index contributed by atoms with van der Waals surface area (Å²) in [6, 6.07) is 15.7. The van der Waals surface area contributed by atoms with Crippen molar-refractivity contribution < 1.29 is 4.79 Å². The summed E-state index contributed by atoms with van der Waals surface area (Å²) in [7, 11) is 0. The second-order valence-electron chi connectivity index (χ2n) is 5.46. The molecule has 4 nitrogen and oxygen atoms in total. The summed E-state index contributed by atoms with van der Waals surface area (Å²) in [6.07, 6.45) is 4.33. The Kier molecular flexibility index (Phi) is 4.52. The topological polar surface area (TPSA) is 54.0 Å². The van der Waals surface area contributed by atoms with Gasteiger partial charge in [-0.25, -0.2) is 4.79 Å². The summed E-state index contributed by atoms with van der Waals surface area (Å²) in [5.74, 6) is 0. The van der Waals surface area contributed by atoms with Crippen molar-refractivity contribution in [3.8, 4) is 0 Å². The van der Waals surface area contributed by atoms with Crippen LogP contribution in [0.4, 0.5) is 10.5 Å². The number of amides is 2. The maximum absolute atomic E-state index is 12.1. The summed E-state index contributed by atoms with van der Waals surface area (Å²) in [6.45, 7) is 2.68. The molecule has 0 aliphatic heterocycles. The summed E-state index contributed by atoms with van der Waals surface area (Å²) in [5, 5.41) is 7.80. The second-order valence-corrected chi connectivity index (χ2v) is 5.46. The molecule has 0 fully saturated rings. The molecular formula is C19H19N3O. The quantitative estimate of drug-likeness (QED) is 0.768. The molecule has 0 saturated carbocycles. The first-order chi connectivity index (χ1) is 11.2. The molecule has 23 heavy (non-hydrogen) atoms. The van der Waals surface area contributed by atoms with Crippen molar-refractivity contribution in [1.82, 2.24) is 10.3 Å². The van der Waals surface area contributed by atoms with Crippen molar-refractivity contribution in [2.24, 2.45) is 0 Å². The Bertz CT molecular complexity index is 824. The van der Waals surface area contributed by atoms with E-state index < -0.39 is 0 Å². The Morgan fingerprint density at radius 3 is 2.83 bits per heavy atom. The van der Waals surface area contributed by atoms with Crippen LogP contribution >= 0.6 is 0 Å². The smallest absolute Gasteiger partial charge is 0.319 e. The first-order valence-corrected chi connectivity index (χ1v) is 7.66. The maximum Gasteiger partial charge on any atom is 0.319 e. The first-order valence-electron chi connectivity index (χ1n) is 7.66. The highest BCUT2D eigenvalue weighted by atomic mass is 16.2. The number of anilines is 1. The molecule has 0 unspecified atom stereocenters. The van der Waals surface area contributed by atoms with Gasteiger partial charge in [0, 0.05) is 29.7 Å². The van der Waals surface area contributed by atoms with Crippen molar-refractivity contribution in [3.05, 3.63) is 72.1 Å². The molecule has 0 bridgehead atoms. The van der Waals surface area contributed by atoms with Gasteiger partial charge < -0.3 is 10.6 Å². The Balaban J connectivity index is 1.60. The van der Waals surface area contributed by atoms with Crippen LogP contribution in [0.2, 0.25) is 0 Å². The lowest BCUT2D eigenvalue weighted by Gasteiger charge is -2.10. The average molecular weight is 305 g/mol. The van der Waals surface area contributed by atoms with Gasteiger partial charge in [0.05, 0.1) is 5.69 Å². The number of pyridine rings is 1. The van der Waals surface area contributed by atoms with Crippen LogP contribution in [0.15, 0.2) is 60.9 Å². The van der Waals surface area contributed by atoms with Gasteiger partial charge in [-0.3, -0.25) is 4.98 Å². The Hall–Kier alpha value is -2.88. The fourth-order valence-corrected chi connectivity index (χ4v) is 2.60. The standard InChI is InChI=1S/C19H19N3O/c1-14-5-2-3-6-15(14)9-12-21-19(23)22-18-8-4-7-16-13-20-11-10-17(16)18/h2-8,10-11,13H,9,12H2,1H3,(H2,21,22,23). The number of aryl methyl sites for hydroxylation is 1. The molecule has 4 heteroatoms. The molecule has 116 valence electrons. The second kappa shape index (κ2) is 6.92. The zero-order valence-electron chi connectivity index (χ0n) is 13.0. The fraction of sp³-hybridized carbons (Fsp3) is 0.158. The van der Waals surface area contributed by atoms with Crippen molar-refractivity contribution in [3.63, 3.8) is 0 Å². The van der Waals surface area contributed by atoms with E-state index in [-0.39, 0.29) is 6.03 Å². The number of rotatable bonds is 4. The number of nitrogens with one attached hydrogen (secondary N) is 2. The first kappa shape index (κ1) is 15.0. The molecule has 0 aliphatic carbocycles. The molecule has 2 aromatic carbocycles. The number of carbonyl (C=O) groups excluding carboxylic acids is 1. The highest BCUT2D eigenvalue weighted by Crippen LogP contribution is 2.21. The molecule has 3 rings (SSSR count). The van der Waals surface area contributed by atoms with Crippen molar-refractivity contribution >= 4 is 22.5 Å². The highest BCUT2D eigenvalue weighted by molar-refractivity contribution is 6.01. The largest absolute Gasteiger partial charge is 0.338 e. The minimum atomic E-state index is -0.192. The highest BCUT2D eigenvalue weighted by Gasteiger charge is 2.05. The van der Waals surface area contributed by atoms with Crippen LogP contribution in [-0.4, -0.2) is 17.6 Å². The van der Waals surface area contributed by atoms with E-state index in [9.17, 15) is 4.79 Å². The van der Waals surface area contributed by atoms with Gasteiger partial charge in [0.1, 0.15) is 0 Å². The van der Waals surface area contributed by atoms with Crippen molar-refractivity contribution in [2.75, 3.05) is 11.9 Å². The van der Waals surface area contributed by atoms with E-state index in [0.29, 0.717) is 6.54 Å². The number of carbonyl (C=O) groups is 1. The molecule has 0 aliphatic rings. The van der Waals surface area contributed by atoms with Crippen LogP contribution in [0.25, 0.3) is 10.8 Å². The number of fused-ring (bicyclic) bond motifs is 1. The molecule has 0 spiro atoms. The number of aromatic nitrogens is 1. The van der Waals surface area contributed by atoms with Gasteiger partial charge in [0.25, 0.3) is 0 Å². The lowest BCUT2D eigenvalue weighted by Crippen LogP contribution is -2.30. The van der Waals surface area contributed by atoms with Crippen molar-refractivity contribution in [2.45, 2.75) is 13.3 Å². The van der Waals surface area contributed by atoms with Gasteiger partial charge in [0.2, 0.25) is 0 Å². The molecule has 2 amide bonds. The number of benzene rings is 2. The van der Waals surface area contributed by atoms with E-state index in [1.54, 1.807) is 12.4 Å². The maximum atomic E-state index is 12.1. The van der Waals surface area contributed by atoms with E-state index in [1.807, 2.05) is 36.4 Å². The Morgan fingerprint density at radius 1 is 1.09 bits per heavy atom. The van der Waals surface area contributed by atoms with Gasteiger partial charge in [-0.1, -0.05) is 36.4 Å². The summed E-state index contributed by atoms with van der Waals surface area (Å²) in [5.41, 5.74) is 3.29. The predicted molar refractivity (Wildman–Crippen MR) is 93.6 cm³/mol. The van der Waals surface area contributed by atoms with Crippen LogP contribution < -0.4 is 10.6 Å². The van der Waals surface area contributed by atoms with E-state index in [0.717, 1.165) is 22.9 Å². The number of urea groups is 1. The van der Waals surface area contributed by atoms with E-state index in [2.05, 4.69) is 34.7 Å². The molecule has 3 aromatic rings. The SMILES string of the molecule is Cc1ccccc1CCNC(=O)Nc1cccc2cnccc12. The van der Waals surface area contributed by atoms with Crippen LogP contribution in [0.1, 0.15) is 11.1 Å². The molecule has 1 heterocycles. The monoisotopic (exact) mass is 305 g/mol. The van der Waals surface area contributed by atoms with Gasteiger partial charge in [-0.05, 0) is 36.6 Å². The van der Waals surface area contributed by atoms with Gasteiger partial charge in [-0.15, -0.1) is 0 Å². The lowest BCUT2D eigenvalue weighted by molar-refractivity contribution is 0.252. The van der Waals surface area contributed by atoms with Gasteiger partial charge in [-0.2, -0.15) is 0 Å². The third-order valence-corrected chi connectivity index (χ3v) is 3.87. The molecule has 0 atom stereocenters. The zero-order chi connectivity index (χ0) is 16.1. The normalized spacial score (nSPS) is 10.5. The van der Waals surface area contributed by atoms with Crippen LogP contribution in [0.5, 0.6) is 0 Å². The fourth-order valence-electron chi connectivity index (χ4n) is 2.60. The van der Waals surface area contributed by atoms with Crippen LogP contribution in [-0.2, 0) is 6.42 Å². The minimum absolute atomic E-state index is 0.192. The van der Waals surface area contributed by atoms with E-state index >= 15 is 0 Å².